The molecule has 3 unspecified atom stereocenters. The summed E-state index contributed by atoms with van der Waals surface area (Å²) in [6, 6.07) is 8.62. The second kappa shape index (κ2) is 13.9. The van der Waals surface area contributed by atoms with E-state index in [0.29, 0.717) is 23.8 Å². The average Bonchev–Trinajstić information content (AvgIpc) is 3.24. The minimum atomic E-state index is -1.53. The molecule has 13 heteroatoms. The largest absolute Gasteiger partial charge is 0.549 e. The lowest BCUT2D eigenvalue weighted by Gasteiger charge is -2.52. The van der Waals surface area contributed by atoms with E-state index in [1.165, 1.54) is 23.3 Å². The number of nitrogens with zero attached hydrogens (tertiary/aromatic N) is 3. The molecule has 2 fully saturated rings. The molecule has 0 spiro atoms. The summed E-state index contributed by atoms with van der Waals surface area (Å²) in [5, 5.41) is 67.3. The monoisotopic (exact) mass is 659 g/mol. The Balaban J connectivity index is 1.45. The molecule has 0 saturated heterocycles. The van der Waals surface area contributed by atoms with E-state index >= 15 is 0 Å². The number of aliphatic hydroxyl groups is 1. The third-order valence-electron chi connectivity index (χ3n) is 10.4. The predicted molar refractivity (Wildman–Crippen MR) is 159 cm³/mol. The van der Waals surface area contributed by atoms with Crippen molar-refractivity contribution in [2.45, 2.75) is 70.1 Å². The molecule has 2 aromatic rings. The highest BCUT2D eigenvalue weighted by Crippen LogP contribution is 2.64. The van der Waals surface area contributed by atoms with E-state index in [4.69, 9.17) is 0 Å². The summed E-state index contributed by atoms with van der Waals surface area (Å²) in [4.78, 5) is 51.6. The number of hydrogen-bond acceptors (Lipinski definition) is 13. The lowest BCUT2D eigenvalue weighted by Crippen LogP contribution is -2.50. The average molecular weight is 660 g/mol. The predicted octanol–water partition coefficient (Wildman–Crippen LogP) is -2.97. The summed E-state index contributed by atoms with van der Waals surface area (Å²) in [6.07, 6.45) is 4.64. The van der Waals surface area contributed by atoms with Crippen molar-refractivity contribution < 1.29 is 49.8 Å². The minimum Gasteiger partial charge on any atom is -0.549 e. The maximum Gasteiger partial charge on any atom is 0.131 e. The number of carboxylic acid groups (broad SMARTS) is 4. The number of fused-ring (bicyclic) bond motifs is 5. The molecule has 1 aromatic carbocycles. The molecule has 256 valence electrons. The first-order chi connectivity index (χ1) is 22.7. The number of carbonyl (C=O) groups is 4. The quantitative estimate of drug-likeness (QED) is 0.218. The standard InChI is InChI=1S/C35H41N3O10/c1-34-9-7-27-26-5-3-25(39)14-22(26)2-4-28(27)29(34)8-11-35(34,48)10-6-21-12-23(15-37(17-30(40)41)18-31(42)43)36-24(13-21)16-38(19-32(44)45)20-33(46)47/h3,5,12-14,27-29,39,48H,2,4,7-9,11,15-20H2,1H3,(H,40,41)(H,42,43)(H,44,45)(H,46,47)/p-4/t27?,28?,29?,34-,35-/m0/s1. The van der Waals surface area contributed by atoms with Gasteiger partial charge in [0.25, 0.3) is 0 Å². The van der Waals surface area contributed by atoms with Crippen LogP contribution in [0.15, 0.2) is 30.3 Å². The number of pyridine rings is 1. The summed E-state index contributed by atoms with van der Waals surface area (Å²) >= 11 is 0. The lowest BCUT2D eigenvalue weighted by molar-refractivity contribution is -0.313. The van der Waals surface area contributed by atoms with E-state index < -0.39 is 61.1 Å². The fraction of sp³-hybridized carbons (Fsp3) is 0.514. The van der Waals surface area contributed by atoms with Gasteiger partial charge < -0.3 is 49.8 Å². The zero-order valence-electron chi connectivity index (χ0n) is 26.6. The van der Waals surface area contributed by atoms with E-state index in [1.807, 2.05) is 12.1 Å². The Labute approximate surface area is 277 Å². The van der Waals surface area contributed by atoms with Gasteiger partial charge in [0, 0.05) is 50.2 Å². The van der Waals surface area contributed by atoms with Gasteiger partial charge in [-0.05, 0) is 91.7 Å². The number of benzene rings is 1. The number of aromatic nitrogens is 1. The molecule has 0 radical (unpaired) electrons. The Bertz CT molecular complexity index is 1580. The van der Waals surface area contributed by atoms with Crippen molar-refractivity contribution in [1.82, 2.24) is 14.8 Å². The van der Waals surface area contributed by atoms with E-state index in [2.05, 4.69) is 23.7 Å². The Hall–Kier alpha value is -4.51. The number of phenolic OH excluding ortho intramolecular Hbond substituents is 1. The Morgan fingerprint density at radius 2 is 1.42 bits per heavy atom. The van der Waals surface area contributed by atoms with Gasteiger partial charge in [0.2, 0.25) is 0 Å². The number of aryl methyl sites for hydroxylation is 1. The summed E-state index contributed by atoms with van der Waals surface area (Å²) in [5.74, 6) is 1.24. The van der Waals surface area contributed by atoms with Gasteiger partial charge in [0.1, 0.15) is 11.4 Å². The molecule has 3 aliphatic carbocycles. The van der Waals surface area contributed by atoms with Crippen LogP contribution in [0.2, 0.25) is 0 Å². The van der Waals surface area contributed by atoms with Gasteiger partial charge in [-0.2, -0.15) is 0 Å². The van der Waals surface area contributed by atoms with Crippen LogP contribution in [0, 0.1) is 29.1 Å². The summed E-state index contributed by atoms with van der Waals surface area (Å²) in [7, 11) is 0. The number of carbonyl (C=O) groups excluding carboxylic acids is 4. The molecule has 0 amide bonds. The van der Waals surface area contributed by atoms with Crippen LogP contribution in [-0.2, 0) is 38.7 Å². The molecule has 5 rings (SSSR count). The molecule has 0 bridgehead atoms. The van der Waals surface area contributed by atoms with E-state index in [1.54, 1.807) is 6.07 Å². The van der Waals surface area contributed by atoms with Crippen LogP contribution in [0.4, 0.5) is 0 Å². The minimum absolute atomic E-state index is 0.177. The van der Waals surface area contributed by atoms with Gasteiger partial charge in [-0.25, -0.2) is 0 Å². The van der Waals surface area contributed by atoms with E-state index in [0.717, 1.165) is 41.9 Å². The number of hydrogen-bond donors (Lipinski definition) is 2. The second-order valence-electron chi connectivity index (χ2n) is 13.5. The normalized spacial score (nSPS) is 25.8. The lowest BCUT2D eigenvalue weighted by atomic mass is 9.53. The highest BCUT2D eigenvalue weighted by Gasteiger charge is 2.61. The number of carboxylic acids is 4. The molecule has 1 aromatic heterocycles. The highest BCUT2D eigenvalue weighted by atomic mass is 16.4. The van der Waals surface area contributed by atoms with Crippen molar-refractivity contribution >= 4 is 23.9 Å². The third kappa shape index (κ3) is 7.62. The molecule has 48 heavy (non-hydrogen) atoms. The number of rotatable bonds is 12. The fourth-order valence-corrected chi connectivity index (χ4v) is 8.37. The number of aromatic hydroxyl groups is 1. The van der Waals surface area contributed by atoms with Crippen LogP contribution < -0.4 is 20.4 Å². The van der Waals surface area contributed by atoms with Crippen LogP contribution in [0.5, 0.6) is 5.75 Å². The molecule has 5 atom stereocenters. The summed E-state index contributed by atoms with van der Waals surface area (Å²) < 4.78 is 0. The summed E-state index contributed by atoms with van der Waals surface area (Å²) in [6.45, 7) is -1.44. The smallest absolute Gasteiger partial charge is 0.131 e. The SMILES string of the molecule is C[C@]12CCC3c4ccc(O)cc4CCC3C1CC[C@@]2(O)C#Cc1cc(CN(CC(=O)[O-])CC(=O)[O-])nc(CN(CC(=O)[O-])CC(=O)[O-])c1. The summed E-state index contributed by atoms with van der Waals surface area (Å²) in [5.41, 5.74) is 1.28. The van der Waals surface area contributed by atoms with E-state index in [9.17, 15) is 49.8 Å². The van der Waals surface area contributed by atoms with Gasteiger partial charge in [-0.15, -0.1) is 0 Å². The van der Waals surface area contributed by atoms with Crippen LogP contribution in [0.1, 0.15) is 73.0 Å². The highest BCUT2D eigenvalue weighted by molar-refractivity contribution is 5.71. The van der Waals surface area contributed by atoms with Gasteiger partial charge in [0.05, 0.1) is 35.3 Å². The topological polar surface area (TPSA) is 220 Å². The molecular weight excluding hydrogens is 622 g/mol. The number of aliphatic carboxylic acids is 4. The van der Waals surface area contributed by atoms with Gasteiger partial charge in [-0.1, -0.05) is 24.8 Å². The Morgan fingerprint density at radius 3 is 1.96 bits per heavy atom. The molecule has 13 nitrogen and oxygen atoms in total. The molecular formula is C35H37N3O10-4. The fourth-order valence-electron chi connectivity index (χ4n) is 8.37. The van der Waals surface area contributed by atoms with Gasteiger partial charge >= 0.3 is 0 Å². The second-order valence-corrected chi connectivity index (χ2v) is 13.5. The van der Waals surface area contributed by atoms with Crippen LogP contribution in [-0.4, -0.2) is 80.7 Å². The zero-order valence-corrected chi connectivity index (χ0v) is 26.6. The first-order valence-electron chi connectivity index (χ1n) is 16.0. The molecule has 1 heterocycles. The maximum absolute atomic E-state index is 12.1. The molecule has 3 aliphatic rings. The maximum atomic E-state index is 12.1. The Kier molecular flexibility index (Phi) is 10.1. The Morgan fingerprint density at radius 1 is 0.854 bits per heavy atom. The van der Waals surface area contributed by atoms with E-state index in [-0.39, 0.29) is 36.1 Å². The first-order valence-corrected chi connectivity index (χ1v) is 16.0. The van der Waals surface area contributed by atoms with Crippen LogP contribution in [0.3, 0.4) is 0 Å². The molecule has 0 aliphatic heterocycles. The third-order valence-corrected chi connectivity index (χ3v) is 10.4. The van der Waals surface area contributed by atoms with Crippen molar-refractivity contribution in [2.24, 2.45) is 17.3 Å². The van der Waals surface area contributed by atoms with Crippen molar-refractivity contribution in [2.75, 3.05) is 26.2 Å². The van der Waals surface area contributed by atoms with Crippen molar-refractivity contribution in [3.8, 4) is 17.6 Å². The molecule has 2 N–H and O–H groups in total. The number of phenols is 1. The van der Waals surface area contributed by atoms with Crippen molar-refractivity contribution in [3.05, 3.63) is 58.4 Å². The van der Waals surface area contributed by atoms with Gasteiger partial charge in [-0.3, -0.25) is 14.8 Å². The molecule has 2 saturated carbocycles. The van der Waals surface area contributed by atoms with Crippen molar-refractivity contribution in [1.29, 1.82) is 0 Å². The zero-order chi connectivity index (χ0) is 34.8. The first kappa shape index (κ1) is 34.8. The van der Waals surface area contributed by atoms with Crippen LogP contribution >= 0.6 is 0 Å². The van der Waals surface area contributed by atoms with Gasteiger partial charge in [0.15, 0.2) is 0 Å². The van der Waals surface area contributed by atoms with Crippen molar-refractivity contribution in [3.63, 3.8) is 0 Å². The van der Waals surface area contributed by atoms with Crippen LogP contribution in [0.25, 0.3) is 0 Å².